The van der Waals surface area contributed by atoms with E-state index >= 15 is 0 Å². The van der Waals surface area contributed by atoms with Crippen LogP contribution >= 0.6 is 0 Å². The molecule has 2 aromatic carbocycles. The van der Waals surface area contributed by atoms with Crippen LogP contribution in [-0.4, -0.2) is 18.0 Å². The smallest absolute Gasteiger partial charge is 0.274 e. The molecule has 0 aliphatic rings. The zero-order chi connectivity index (χ0) is 18.4. The first-order valence-electron chi connectivity index (χ1n) is 8.35. The molecule has 0 unspecified atom stereocenters. The van der Waals surface area contributed by atoms with Crippen LogP contribution in [0, 0.1) is 6.92 Å². The molecular weight excluding hydrogens is 326 g/mol. The molecule has 2 N–H and O–H groups in total. The Morgan fingerprint density at radius 3 is 2.46 bits per heavy atom. The summed E-state index contributed by atoms with van der Waals surface area (Å²) in [5, 5.41) is 6.17. The summed E-state index contributed by atoms with van der Waals surface area (Å²) in [5.41, 5.74) is 4.17. The average Bonchev–Trinajstić information content (AvgIpc) is 2.69. The minimum atomic E-state index is -0.221. The lowest BCUT2D eigenvalue weighted by Gasteiger charge is -2.09. The van der Waals surface area contributed by atoms with Gasteiger partial charge in [-0.1, -0.05) is 30.3 Å². The number of nitrogens with zero attached hydrogens (tertiary/aromatic N) is 1. The van der Waals surface area contributed by atoms with Gasteiger partial charge in [0, 0.05) is 12.2 Å². The topological polar surface area (TPSA) is 63.2 Å². The van der Waals surface area contributed by atoms with Crippen LogP contribution in [-0.2, 0) is 6.54 Å². The van der Waals surface area contributed by atoms with Crippen LogP contribution in [0.1, 0.15) is 21.6 Å². The number of amides is 1. The van der Waals surface area contributed by atoms with Crippen LogP contribution in [0.2, 0.25) is 0 Å². The summed E-state index contributed by atoms with van der Waals surface area (Å²) in [6.07, 6.45) is 1.66. The summed E-state index contributed by atoms with van der Waals surface area (Å²) in [6.45, 7) is 2.62. The molecule has 0 atom stereocenters. The minimum absolute atomic E-state index is 0.221. The zero-order valence-electron chi connectivity index (χ0n) is 14.8. The maximum atomic E-state index is 12.3. The third-order valence-electron chi connectivity index (χ3n) is 4.05. The van der Waals surface area contributed by atoms with E-state index in [2.05, 4.69) is 15.6 Å². The van der Waals surface area contributed by atoms with Crippen molar-refractivity contribution >= 4 is 17.3 Å². The molecule has 0 saturated carbocycles. The van der Waals surface area contributed by atoms with Gasteiger partial charge in [0.2, 0.25) is 0 Å². The van der Waals surface area contributed by atoms with Gasteiger partial charge < -0.3 is 15.4 Å². The molecule has 0 saturated heterocycles. The minimum Gasteiger partial charge on any atom is -0.497 e. The summed E-state index contributed by atoms with van der Waals surface area (Å²) in [4.78, 5) is 16.6. The molecule has 1 heterocycles. The molecule has 0 aliphatic carbocycles. The molecule has 5 nitrogen and oxygen atoms in total. The van der Waals surface area contributed by atoms with Crippen molar-refractivity contribution in [1.82, 2.24) is 4.98 Å². The average molecular weight is 347 g/mol. The third kappa shape index (κ3) is 4.39. The fourth-order valence-electron chi connectivity index (χ4n) is 2.48. The highest BCUT2D eigenvalue weighted by atomic mass is 16.5. The van der Waals surface area contributed by atoms with Crippen molar-refractivity contribution < 1.29 is 9.53 Å². The third-order valence-corrected chi connectivity index (χ3v) is 4.05. The number of carbonyl (C=O) groups excluding carboxylic acids is 1. The maximum absolute atomic E-state index is 12.3. The Kier molecular flexibility index (Phi) is 5.49. The SMILES string of the molecule is COc1ccc(CNc2ccc(C(=O)Nc3ccccc3C)nc2)cc1. The van der Waals surface area contributed by atoms with E-state index in [1.165, 1.54) is 0 Å². The number of methoxy groups -OCH3 is 1. The van der Waals surface area contributed by atoms with Crippen molar-refractivity contribution in [2.45, 2.75) is 13.5 Å². The summed E-state index contributed by atoms with van der Waals surface area (Å²) >= 11 is 0. The number of hydrogen-bond acceptors (Lipinski definition) is 4. The molecule has 5 heteroatoms. The molecule has 3 rings (SSSR count). The highest BCUT2D eigenvalue weighted by Crippen LogP contribution is 2.16. The molecular formula is C21H21N3O2. The number of para-hydroxylation sites is 1. The summed E-state index contributed by atoms with van der Waals surface area (Å²) in [7, 11) is 1.65. The van der Waals surface area contributed by atoms with Crippen molar-refractivity contribution in [3.8, 4) is 5.75 Å². The van der Waals surface area contributed by atoms with E-state index in [1.807, 2.05) is 61.5 Å². The zero-order valence-corrected chi connectivity index (χ0v) is 14.8. The lowest BCUT2D eigenvalue weighted by Crippen LogP contribution is -2.14. The Morgan fingerprint density at radius 1 is 1.04 bits per heavy atom. The Morgan fingerprint density at radius 2 is 1.81 bits per heavy atom. The largest absolute Gasteiger partial charge is 0.497 e. The standard InChI is InChI=1S/C21H21N3O2/c1-15-5-3-4-6-19(15)24-21(25)20-12-9-17(14-23-20)22-13-16-7-10-18(26-2)11-8-16/h3-12,14,22H,13H2,1-2H3,(H,24,25). The molecule has 1 amide bonds. The number of aromatic nitrogens is 1. The normalized spacial score (nSPS) is 10.2. The second-order valence-corrected chi connectivity index (χ2v) is 5.90. The molecule has 26 heavy (non-hydrogen) atoms. The lowest BCUT2D eigenvalue weighted by atomic mass is 10.2. The molecule has 0 bridgehead atoms. The van der Waals surface area contributed by atoms with Crippen molar-refractivity contribution in [3.05, 3.63) is 83.7 Å². The second-order valence-electron chi connectivity index (χ2n) is 5.90. The van der Waals surface area contributed by atoms with Crippen molar-refractivity contribution in [3.63, 3.8) is 0 Å². The number of ether oxygens (including phenoxy) is 1. The second kappa shape index (κ2) is 8.16. The number of benzene rings is 2. The molecule has 1 aromatic heterocycles. The van der Waals surface area contributed by atoms with Gasteiger partial charge >= 0.3 is 0 Å². The van der Waals surface area contributed by atoms with Crippen molar-refractivity contribution in [1.29, 1.82) is 0 Å². The number of pyridine rings is 1. The van der Waals surface area contributed by atoms with Gasteiger partial charge in [0.15, 0.2) is 0 Å². The molecule has 132 valence electrons. The first kappa shape index (κ1) is 17.5. The maximum Gasteiger partial charge on any atom is 0.274 e. The van der Waals surface area contributed by atoms with E-state index in [1.54, 1.807) is 19.4 Å². The van der Waals surface area contributed by atoms with Gasteiger partial charge in [0.1, 0.15) is 11.4 Å². The van der Waals surface area contributed by atoms with Crippen LogP contribution in [0.5, 0.6) is 5.75 Å². The van der Waals surface area contributed by atoms with Gasteiger partial charge in [-0.2, -0.15) is 0 Å². The number of carbonyl (C=O) groups is 1. The van der Waals surface area contributed by atoms with Gasteiger partial charge in [-0.05, 0) is 48.4 Å². The van der Waals surface area contributed by atoms with E-state index in [4.69, 9.17) is 4.74 Å². The Balaban J connectivity index is 1.59. The molecule has 0 radical (unpaired) electrons. The Hall–Kier alpha value is -3.34. The summed E-state index contributed by atoms with van der Waals surface area (Å²) in [6, 6.07) is 19.1. The van der Waals surface area contributed by atoms with Gasteiger partial charge in [-0.3, -0.25) is 4.79 Å². The number of rotatable bonds is 6. The predicted molar refractivity (Wildman–Crippen MR) is 104 cm³/mol. The van der Waals surface area contributed by atoms with Gasteiger partial charge in [-0.25, -0.2) is 4.98 Å². The van der Waals surface area contributed by atoms with Crippen LogP contribution < -0.4 is 15.4 Å². The monoisotopic (exact) mass is 347 g/mol. The highest BCUT2D eigenvalue weighted by molar-refractivity contribution is 6.03. The quantitative estimate of drug-likeness (QED) is 0.699. The summed E-state index contributed by atoms with van der Waals surface area (Å²) in [5.74, 6) is 0.612. The Bertz CT molecular complexity index is 875. The molecule has 0 spiro atoms. The van der Waals surface area contributed by atoms with E-state index in [0.717, 1.165) is 28.3 Å². The number of anilines is 2. The van der Waals surface area contributed by atoms with Crippen LogP contribution in [0.15, 0.2) is 66.9 Å². The molecule has 0 aliphatic heterocycles. The molecule has 3 aromatic rings. The van der Waals surface area contributed by atoms with Crippen LogP contribution in [0.3, 0.4) is 0 Å². The van der Waals surface area contributed by atoms with Crippen molar-refractivity contribution in [2.75, 3.05) is 17.7 Å². The van der Waals surface area contributed by atoms with E-state index in [-0.39, 0.29) is 5.91 Å². The first-order chi connectivity index (χ1) is 12.7. The number of hydrogen-bond donors (Lipinski definition) is 2. The van der Waals surface area contributed by atoms with Crippen LogP contribution in [0.25, 0.3) is 0 Å². The van der Waals surface area contributed by atoms with Crippen LogP contribution in [0.4, 0.5) is 11.4 Å². The predicted octanol–water partition coefficient (Wildman–Crippen LogP) is 4.26. The Labute approximate surface area is 153 Å². The van der Waals surface area contributed by atoms with Crippen molar-refractivity contribution in [2.24, 2.45) is 0 Å². The van der Waals surface area contributed by atoms with E-state index < -0.39 is 0 Å². The van der Waals surface area contributed by atoms with E-state index in [0.29, 0.717) is 12.2 Å². The lowest BCUT2D eigenvalue weighted by molar-refractivity contribution is 0.102. The fraction of sp³-hybridized carbons (Fsp3) is 0.143. The summed E-state index contributed by atoms with van der Waals surface area (Å²) < 4.78 is 5.15. The highest BCUT2D eigenvalue weighted by Gasteiger charge is 2.08. The number of nitrogens with one attached hydrogen (secondary N) is 2. The first-order valence-corrected chi connectivity index (χ1v) is 8.35. The fourth-order valence-corrected chi connectivity index (χ4v) is 2.48. The van der Waals surface area contributed by atoms with Gasteiger partial charge in [0.05, 0.1) is 19.0 Å². The van der Waals surface area contributed by atoms with Gasteiger partial charge in [0.25, 0.3) is 5.91 Å². The number of aryl methyl sites for hydroxylation is 1. The molecule has 0 fully saturated rings. The van der Waals surface area contributed by atoms with E-state index in [9.17, 15) is 4.79 Å². The van der Waals surface area contributed by atoms with Gasteiger partial charge in [-0.15, -0.1) is 0 Å².